The zero-order valence-corrected chi connectivity index (χ0v) is 10.8. The molecule has 2 aromatic rings. The normalized spacial score (nSPS) is 11.8. The van der Waals surface area contributed by atoms with E-state index in [1.54, 1.807) is 30.3 Å². The number of ether oxygens (including phenoxy) is 1. The van der Waals surface area contributed by atoms with Crippen LogP contribution in [-0.2, 0) is 9.53 Å². The predicted octanol–water partition coefficient (Wildman–Crippen LogP) is 3.29. The Morgan fingerprint density at radius 2 is 1.80 bits per heavy atom. The Kier molecular flexibility index (Phi) is 4.30. The highest BCUT2D eigenvalue weighted by Crippen LogP contribution is 2.24. The van der Waals surface area contributed by atoms with E-state index in [2.05, 4.69) is 10.1 Å². The molecular weight excluding hydrogens is 264 g/mol. The van der Waals surface area contributed by atoms with Crippen LogP contribution >= 0.6 is 0 Å². The smallest absolute Gasteiger partial charge is 0.333 e. The second-order valence-corrected chi connectivity index (χ2v) is 4.11. The third-order valence-corrected chi connectivity index (χ3v) is 2.81. The van der Waals surface area contributed by atoms with Gasteiger partial charge >= 0.3 is 5.97 Å². The highest BCUT2D eigenvalue weighted by atomic mass is 19.2. The minimum atomic E-state index is -1.11. The zero-order valence-electron chi connectivity index (χ0n) is 10.8. The number of anilines is 1. The summed E-state index contributed by atoms with van der Waals surface area (Å²) in [5.41, 5.74) is 0.507. The van der Waals surface area contributed by atoms with Crippen molar-refractivity contribution in [1.82, 2.24) is 0 Å². The molecule has 0 saturated heterocycles. The van der Waals surface area contributed by atoms with Crippen molar-refractivity contribution >= 4 is 11.7 Å². The van der Waals surface area contributed by atoms with Gasteiger partial charge < -0.3 is 10.1 Å². The maximum absolute atomic E-state index is 13.8. The van der Waals surface area contributed by atoms with E-state index in [4.69, 9.17) is 0 Å². The van der Waals surface area contributed by atoms with E-state index >= 15 is 0 Å². The average molecular weight is 277 g/mol. The molecular formula is C15H13F2NO2. The molecule has 0 saturated carbocycles. The molecule has 0 aliphatic heterocycles. The van der Waals surface area contributed by atoms with Crippen molar-refractivity contribution < 1.29 is 18.3 Å². The van der Waals surface area contributed by atoms with E-state index in [0.717, 1.165) is 6.07 Å². The Bertz CT molecular complexity index is 602. The summed E-state index contributed by atoms with van der Waals surface area (Å²) in [6.45, 7) is 0. The monoisotopic (exact) mass is 277 g/mol. The van der Waals surface area contributed by atoms with Crippen molar-refractivity contribution in [3.8, 4) is 0 Å². The molecule has 1 N–H and O–H groups in total. The lowest BCUT2D eigenvalue weighted by Gasteiger charge is -2.18. The summed E-state index contributed by atoms with van der Waals surface area (Å²) < 4.78 is 31.8. The van der Waals surface area contributed by atoms with Crippen LogP contribution in [0.5, 0.6) is 0 Å². The van der Waals surface area contributed by atoms with Crippen LogP contribution in [0.3, 0.4) is 0 Å². The summed E-state index contributed by atoms with van der Waals surface area (Å²) in [5.74, 6) is -2.77. The van der Waals surface area contributed by atoms with Crippen molar-refractivity contribution in [2.45, 2.75) is 6.04 Å². The molecule has 0 radical (unpaired) electrons. The Balaban J connectivity index is 2.38. The van der Waals surface area contributed by atoms with Crippen LogP contribution in [-0.4, -0.2) is 13.1 Å². The Labute approximate surface area is 115 Å². The molecule has 2 rings (SSSR count). The lowest BCUT2D eigenvalue weighted by molar-refractivity contribution is -0.141. The number of para-hydroxylation sites is 1. The van der Waals surface area contributed by atoms with Gasteiger partial charge in [0, 0.05) is 11.3 Å². The van der Waals surface area contributed by atoms with Gasteiger partial charge in [-0.25, -0.2) is 13.6 Å². The minimum absolute atomic E-state index is 0.0966. The summed E-state index contributed by atoms with van der Waals surface area (Å²) in [5, 5.41) is 2.83. The Hall–Kier alpha value is -2.43. The van der Waals surface area contributed by atoms with Crippen LogP contribution in [0.4, 0.5) is 14.5 Å². The highest BCUT2D eigenvalue weighted by molar-refractivity contribution is 5.81. The van der Waals surface area contributed by atoms with E-state index < -0.39 is 23.6 Å². The third-order valence-electron chi connectivity index (χ3n) is 2.81. The predicted molar refractivity (Wildman–Crippen MR) is 71.2 cm³/mol. The number of esters is 1. The van der Waals surface area contributed by atoms with Crippen LogP contribution < -0.4 is 5.32 Å². The third kappa shape index (κ3) is 2.93. The van der Waals surface area contributed by atoms with Crippen molar-refractivity contribution in [1.29, 1.82) is 0 Å². The molecule has 0 aliphatic rings. The molecule has 0 aliphatic carbocycles. The van der Waals surface area contributed by atoms with Crippen LogP contribution in [0.2, 0.25) is 0 Å². The summed E-state index contributed by atoms with van der Waals surface area (Å²) in [6.07, 6.45) is 0. The molecule has 2 aromatic carbocycles. The molecule has 20 heavy (non-hydrogen) atoms. The molecule has 1 atom stereocenters. The van der Waals surface area contributed by atoms with Gasteiger partial charge in [-0.05, 0) is 18.2 Å². The standard InChI is InChI=1S/C15H13F2NO2/c1-20-15(19)14(18-10-6-3-2-4-7-10)11-8-5-9-12(16)13(11)17/h2-9,14,18H,1H3. The lowest BCUT2D eigenvalue weighted by Crippen LogP contribution is -2.23. The Morgan fingerprint density at radius 1 is 1.10 bits per heavy atom. The number of halogens is 2. The van der Waals surface area contributed by atoms with Crippen molar-refractivity contribution in [2.75, 3.05) is 12.4 Å². The number of nitrogens with one attached hydrogen (secondary N) is 1. The minimum Gasteiger partial charge on any atom is -0.467 e. The summed E-state index contributed by atoms with van der Waals surface area (Å²) in [6, 6.07) is 11.3. The maximum atomic E-state index is 13.8. The number of carbonyl (C=O) groups is 1. The van der Waals surface area contributed by atoms with Crippen molar-refractivity contribution in [3.05, 3.63) is 65.7 Å². The van der Waals surface area contributed by atoms with Crippen LogP contribution in [0, 0.1) is 11.6 Å². The van der Waals surface area contributed by atoms with E-state index in [0.29, 0.717) is 5.69 Å². The maximum Gasteiger partial charge on any atom is 0.333 e. The lowest BCUT2D eigenvalue weighted by atomic mass is 10.1. The number of rotatable bonds is 4. The van der Waals surface area contributed by atoms with Crippen LogP contribution in [0.15, 0.2) is 48.5 Å². The van der Waals surface area contributed by atoms with E-state index in [-0.39, 0.29) is 5.56 Å². The largest absolute Gasteiger partial charge is 0.467 e. The number of carbonyl (C=O) groups excluding carboxylic acids is 1. The van der Waals surface area contributed by atoms with Gasteiger partial charge in [0.2, 0.25) is 0 Å². The molecule has 0 fully saturated rings. The summed E-state index contributed by atoms with van der Waals surface area (Å²) in [7, 11) is 1.19. The van der Waals surface area contributed by atoms with E-state index in [9.17, 15) is 13.6 Å². The van der Waals surface area contributed by atoms with Gasteiger partial charge in [-0.15, -0.1) is 0 Å². The number of methoxy groups -OCH3 is 1. The second kappa shape index (κ2) is 6.14. The fourth-order valence-electron chi connectivity index (χ4n) is 1.83. The quantitative estimate of drug-likeness (QED) is 0.871. The first-order valence-electron chi connectivity index (χ1n) is 5.97. The van der Waals surface area contributed by atoms with Gasteiger partial charge in [0.15, 0.2) is 17.7 Å². The van der Waals surface area contributed by atoms with Crippen molar-refractivity contribution in [3.63, 3.8) is 0 Å². The van der Waals surface area contributed by atoms with E-state index in [1.807, 2.05) is 0 Å². The molecule has 0 bridgehead atoms. The Morgan fingerprint density at radius 3 is 2.45 bits per heavy atom. The van der Waals surface area contributed by atoms with Gasteiger partial charge in [0.05, 0.1) is 7.11 Å². The molecule has 1 unspecified atom stereocenters. The fourth-order valence-corrected chi connectivity index (χ4v) is 1.83. The molecule has 5 heteroatoms. The molecule has 104 valence electrons. The number of benzene rings is 2. The fraction of sp³-hybridized carbons (Fsp3) is 0.133. The summed E-state index contributed by atoms with van der Waals surface area (Å²) >= 11 is 0. The van der Waals surface area contributed by atoms with Crippen molar-refractivity contribution in [2.24, 2.45) is 0 Å². The molecule has 0 aromatic heterocycles. The SMILES string of the molecule is COC(=O)C(Nc1ccccc1)c1cccc(F)c1F. The molecule has 0 amide bonds. The number of hydrogen-bond acceptors (Lipinski definition) is 3. The van der Waals surface area contributed by atoms with Crippen LogP contribution in [0.1, 0.15) is 11.6 Å². The molecule has 0 spiro atoms. The van der Waals surface area contributed by atoms with Gasteiger partial charge in [0.25, 0.3) is 0 Å². The molecule has 0 heterocycles. The second-order valence-electron chi connectivity index (χ2n) is 4.11. The van der Waals surface area contributed by atoms with Gasteiger partial charge in [0.1, 0.15) is 0 Å². The average Bonchev–Trinajstić information content (AvgIpc) is 2.48. The first-order valence-corrected chi connectivity index (χ1v) is 5.97. The van der Waals surface area contributed by atoms with Gasteiger partial charge in [-0.3, -0.25) is 0 Å². The van der Waals surface area contributed by atoms with Gasteiger partial charge in [-0.1, -0.05) is 30.3 Å². The van der Waals surface area contributed by atoms with Crippen LogP contribution in [0.25, 0.3) is 0 Å². The summed E-state index contributed by atoms with van der Waals surface area (Å²) in [4.78, 5) is 11.8. The zero-order chi connectivity index (χ0) is 14.5. The highest BCUT2D eigenvalue weighted by Gasteiger charge is 2.25. The number of hydrogen-bond donors (Lipinski definition) is 1. The first kappa shape index (κ1) is 14.0. The molecule has 3 nitrogen and oxygen atoms in total. The first-order chi connectivity index (χ1) is 9.63. The van der Waals surface area contributed by atoms with Gasteiger partial charge in [-0.2, -0.15) is 0 Å². The van der Waals surface area contributed by atoms with E-state index in [1.165, 1.54) is 19.2 Å². The topological polar surface area (TPSA) is 38.3 Å².